The van der Waals surface area contributed by atoms with Crippen LogP contribution in [0.1, 0.15) is 12.5 Å². The fraction of sp³-hybridized carbons (Fsp3) is 0.417. The van der Waals surface area contributed by atoms with Gasteiger partial charge < -0.3 is 10.6 Å². The number of likely N-dealkylation sites (tertiary alicyclic amines) is 1. The van der Waals surface area contributed by atoms with Crippen molar-refractivity contribution in [1.82, 2.24) is 4.90 Å². The lowest BCUT2D eigenvalue weighted by Crippen LogP contribution is -2.28. The number of nitrogens with zero attached hydrogens (tertiary/aromatic N) is 1. The van der Waals surface area contributed by atoms with Gasteiger partial charge in [-0.1, -0.05) is 37.3 Å². The van der Waals surface area contributed by atoms with Gasteiger partial charge >= 0.3 is 0 Å². The molecule has 0 unspecified atom stereocenters. The molecule has 15 heavy (non-hydrogen) atoms. The van der Waals surface area contributed by atoms with Gasteiger partial charge in [-0.3, -0.25) is 4.79 Å². The molecule has 3 nitrogen and oxygen atoms in total. The van der Waals surface area contributed by atoms with E-state index >= 15 is 0 Å². The highest BCUT2D eigenvalue weighted by molar-refractivity contribution is 5.81. The molecule has 2 rings (SSSR count). The van der Waals surface area contributed by atoms with Crippen molar-refractivity contribution < 1.29 is 4.79 Å². The van der Waals surface area contributed by atoms with Crippen molar-refractivity contribution in [3.8, 4) is 0 Å². The molecule has 2 N–H and O–H groups in total. The SMILES string of the molecule is C[C@H]1C(=O)N(Cc2ccccc2)C[C@H]1N. The van der Waals surface area contributed by atoms with E-state index in [-0.39, 0.29) is 17.9 Å². The van der Waals surface area contributed by atoms with Gasteiger partial charge in [-0.15, -0.1) is 0 Å². The lowest BCUT2D eigenvalue weighted by molar-refractivity contribution is -0.131. The molecule has 1 heterocycles. The van der Waals surface area contributed by atoms with Crippen LogP contribution in [0.5, 0.6) is 0 Å². The molecule has 2 atom stereocenters. The molecule has 1 aromatic carbocycles. The van der Waals surface area contributed by atoms with Gasteiger partial charge in [0, 0.05) is 19.1 Å². The number of amides is 1. The number of carbonyl (C=O) groups excluding carboxylic acids is 1. The molecule has 1 fully saturated rings. The van der Waals surface area contributed by atoms with Crippen LogP contribution in [-0.2, 0) is 11.3 Å². The van der Waals surface area contributed by atoms with E-state index in [1.54, 1.807) is 0 Å². The first-order chi connectivity index (χ1) is 7.18. The normalized spacial score (nSPS) is 26.0. The second-order valence-corrected chi connectivity index (χ2v) is 4.16. The Hall–Kier alpha value is -1.35. The Bertz CT molecular complexity index is 350. The van der Waals surface area contributed by atoms with E-state index < -0.39 is 0 Å². The maximum Gasteiger partial charge on any atom is 0.227 e. The number of hydrogen-bond donors (Lipinski definition) is 1. The van der Waals surface area contributed by atoms with Crippen LogP contribution in [-0.4, -0.2) is 23.4 Å². The van der Waals surface area contributed by atoms with Gasteiger partial charge in [0.25, 0.3) is 0 Å². The summed E-state index contributed by atoms with van der Waals surface area (Å²) in [6.07, 6.45) is 0. The highest BCUT2D eigenvalue weighted by Gasteiger charge is 2.34. The lowest BCUT2D eigenvalue weighted by Gasteiger charge is -2.15. The lowest BCUT2D eigenvalue weighted by atomic mass is 10.1. The van der Waals surface area contributed by atoms with Gasteiger partial charge in [0.1, 0.15) is 0 Å². The molecule has 1 aliphatic rings. The summed E-state index contributed by atoms with van der Waals surface area (Å²) in [6, 6.07) is 9.99. The molecular formula is C12H16N2O. The number of rotatable bonds is 2. The summed E-state index contributed by atoms with van der Waals surface area (Å²) in [7, 11) is 0. The summed E-state index contributed by atoms with van der Waals surface area (Å²) >= 11 is 0. The highest BCUT2D eigenvalue weighted by Crippen LogP contribution is 2.18. The first kappa shape index (κ1) is 10.2. The molecule has 80 valence electrons. The van der Waals surface area contributed by atoms with Crippen molar-refractivity contribution in [2.45, 2.75) is 19.5 Å². The molecule has 1 aromatic rings. The van der Waals surface area contributed by atoms with Crippen LogP contribution < -0.4 is 5.73 Å². The predicted octanol–water partition coefficient (Wildman–Crippen LogP) is 0.992. The molecule has 0 aromatic heterocycles. The second kappa shape index (κ2) is 4.03. The van der Waals surface area contributed by atoms with Gasteiger partial charge in [0.2, 0.25) is 5.91 Å². The van der Waals surface area contributed by atoms with Gasteiger partial charge in [-0.25, -0.2) is 0 Å². The molecular weight excluding hydrogens is 188 g/mol. The van der Waals surface area contributed by atoms with Crippen LogP contribution >= 0.6 is 0 Å². The Morgan fingerprint density at radius 1 is 1.40 bits per heavy atom. The second-order valence-electron chi connectivity index (χ2n) is 4.16. The van der Waals surface area contributed by atoms with Crippen LogP contribution in [0.2, 0.25) is 0 Å². The van der Waals surface area contributed by atoms with E-state index in [9.17, 15) is 4.79 Å². The van der Waals surface area contributed by atoms with E-state index in [1.807, 2.05) is 42.2 Å². The molecule has 0 spiro atoms. The Balaban J connectivity index is 2.05. The van der Waals surface area contributed by atoms with Crippen LogP contribution in [0.3, 0.4) is 0 Å². The van der Waals surface area contributed by atoms with Crippen LogP contribution in [0.4, 0.5) is 0 Å². The summed E-state index contributed by atoms with van der Waals surface area (Å²) < 4.78 is 0. The Kier molecular flexibility index (Phi) is 2.73. The average molecular weight is 204 g/mol. The van der Waals surface area contributed by atoms with Crippen molar-refractivity contribution in [2.75, 3.05) is 6.54 Å². The zero-order valence-electron chi connectivity index (χ0n) is 8.89. The van der Waals surface area contributed by atoms with Gasteiger partial charge in [0.05, 0.1) is 5.92 Å². The Labute approximate surface area is 89.9 Å². The first-order valence-corrected chi connectivity index (χ1v) is 5.27. The number of benzene rings is 1. The van der Waals surface area contributed by atoms with Gasteiger partial charge in [-0.05, 0) is 5.56 Å². The minimum absolute atomic E-state index is 0.0128. The molecule has 0 radical (unpaired) electrons. The number of nitrogens with two attached hydrogens (primary N) is 1. The van der Waals surface area contributed by atoms with E-state index in [0.29, 0.717) is 13.1 Å². The minimum Gasteiger partial charge on any atom is -0.337 e. The smallest absolute Gasteiger partial charge is 0.227 e. The average Bonchev–Trinajstić information content (AvgIpc) is 2.48. The predicted molar refractivity (Wildman–Crippen MR) is 59.0 cm³/mol. The van der Waals surface area contributed by atoms with Crippen LogP contribution in [0.25, 0.3) is 0 Å². The fourth-order valence-electron chi connectivity index (χ4n) is 1.92. The zero-order chi connectivity index (χ0) is 10.8. The molecule has 0 bridgehead atoms. The largest absolute Gasteiger partial charge is 0.337 e. The third-order valence-electron chi connectivity index (χ3n) is 2.99. The minimum atomic E-state index is -0.0336. The summed E-state index contributed by atoms with van der Waals surface area (Å²) in [6.45, 7) is 3.25. The third-order valence-corrected chi connectivity index (χ3v) is 2.99. The summed E-state index contributed by atoms with van der Waals surface area (Å²) in [5.41, 5.74) is 7.01. The standard InChI is InChI=1S/C12H16N2O/c1-9-11(13)8-14(12(9)15)7-10-5-3-2-4-6-10/h2-6,9,11H,7-8,13H2,1H3/t9-,11-/m1/s1. The van der Waals surface area contributed by atoms with Crippen LogP contribution in [0.15, 0.2) is 30.3 Å². The summed E-state index contributed by atoms with van der Waals surface area (Å²) in [5, 5.41) is 0. The molecule has 3 heteroatoms. The van der Waals surface area contributed by atoms with E-state index in [1.165, 1.54) is 0 Å². The highest BCUT2D eigenvalue weighted by atomic mass is 16.2. The maximum atomic E-state index is 11.8. The maximum absolute atomic E-state index is 11.8. The van der Waals surface area contributed by atoms with Crippen LogP contribution in [0, 0.1) is 5.92 Å². The Morgan fingerprint density at radius 2 is 2.07 bits per heavy atom. The molecule has 1 amide bonds. The number of carbonyl (C=O) groups is 1. The quantitative estimate of drug-likeness (QED) is 0.781. The Morgan fingerprint density at radius 3 is 2.60 bits per heavy atom. The molecule has 0 aliphatic carbocycles. The monoisotopic (exact) mass is 204 g/mol. The first-order valence-electron chi connectivity index (χ1n) is 5.27. The summed E-state index contributed by atoms with van der Waals surface area (Å²) in [4.78, 5) is 13.6. The van der Waals surface area contributed by atoms with Crippen molar-refractivity contribution in [3.63, 3.8) is 0 Å². The third kappa shape index (κ3) is 2.02. The molecule has 0 saturated carbocycles. The van der Waals surface area contributed by atoms with Crippen molar-refractivity contribution in [1.29, 1.82) is 0 Å². The van der Waals surface area contributed by atoms with E-state index in [0.717, 1.165) is 5.56 Å². The van der Waals surface area contributed by atoms with Crippen molar-refractivity contribution >= 4 is 5.91 Å². The van der Waals surface area contributed by atoms with E-state index in [2.05, 4.69) is 0 Å². The van der Waals surface area contributed by atoms with E-state index in [4.69, 9.17) is 5.73 Å². The van der Waals surface area contributed by atoms with Gasteiger partial charge in [0.15, 0.2) is 0 Å². The topological polar surface area (TPSA) is 46.3 Å². The fourth-order valence-corrected chi connectivity index (χ4v) is 1.92. The zero-order valence-corrected chi connectivity index (χ0v) is 8.89. The summed E-state index contributed by atoms with van der Waals surface area (Å²) in [5.74, 6) is 0.139. The van der Waals surface area contributed by atoms with Crippen molar-refractivity contribution in [3.05, 3.63) is 35.9 Å². The van der Waals surface area contributed by atoms with Crippen molar-refractivity contribution in [2.24, 2.45) is 11.7 Å². The number of hydrogen-bond acceptors (Lipinski definition) is 2. The molecule has 1 aliphatic heterocycles. The molecule has 1 saturated heterocycles. The van der Waals surface area contributed by atoms with Gasteiger partial charge in [-0.2, -0.15) is 0 Å².